The minimum Gasteiger partial charge on any atom is -0.453 e. The van der Waals surface area contributed by atoms with Crippen molar-refractivity contribution in [3.63, 3.8) is 0 Å². The Morgan fingerprint density at radius 2 is 2.12 bits per heavy atom. The smallest absolute Gasteiger partial charge is 0.411 e. The average molecular weight is 221 g/mol. The van der Waals surface area contributed by atoms with Gasteiger partial charge < -0.3 is 9.47 Å². The lowest BCUT2D eigenvalue weighted by Gasteiger charge is -2.34. The molecule has 1 atom stereocenters. The summed E-state index contributed by atoms with van der Waals surface area (Å²) in [6.45, 7) is 0.627. The van der Waals surface area contributed by atoms with E-state index in [2.05, 4.69) is 6.07 Å². The Kier molecular flexibility index (Phi) is 3.10. The Bertz CT molecular complexity index is 392. The van der Waals surface area contributed by atoms with Gasteiger partial charge in [-0.2, -0.15) is 0 Å². The molecule has 1 unspecified atom stereocenters. The number of carbonyl (C=O) groups excluding carboxylic acids is 1. The van der Waals surface area contributed by atoms with Crippen molar-refractivity contribution in [2.45, 2.75) is 12.6 Å². The van der Waals surface area contributed by atoms with E-state index in [-0.39, 0.29) is 12.3 Å². The molecule has 4 nitrogen and oxygen atoms in total. The van der Waals surface area contributed by atoms with Crippen LogP contribution in [0.4, 0.5) is 4.79 Å². The minimum atomic E-state index is -0.346. The second-order valence-corrected chi connectivity index (χ2v) is 3.70. The quantitative estimate of drug-likeness (QED) is 0.727. The topological polar surface area (TPSA) is 38.8 Å². The number of carbonyl (C=O) groups is 1. The standard InChI is InChI=1S/C12H15NO3/c1-15-11-10-6-4-3-5-9(10)7-8-13(11)12(14)16-2/h3-6,11H,7-8H2,1-2H3. The first-order chi connectivity index (χ1) is 7.77. The third-order valence-electron chi connectivity index (χ3n) is 2.86. The van der Waals surface area contributed by atoms with E-state index in [1.54, 1.807) is 12.0 Å². The van der Waals surface area contributed by atoms with E-state index >= 15 is 0 Å². The Balaban J connectivity index is 2.33. The van der Waals surface area contributed by atoms with Crippen LogP contribution < -0.4 is 0 Å². The van der Waals surface area contributed by atoms with E-state index in [9.17, 15) is 4.79 Å². The molecule has 4 heteroatoms. The second kappa shape index (κ2) is 4.53. The minimum absolute atomic E-state index is 0.336. The molecule has 0 aliphatic carbocycles. The van der Waals surface area contributed by atoms with Gasteiger partial charge in [-0.15, -0.1) is 0 Å². The van der Waals surface area contributed by atoms with Crippen molar-refractivity contribution < 1.29 is 14.3 Å². The average Bonchev–Trinajstić information content (AvgIpc) is 2.36. The first kappa shape index (κ1) is 11.0. The van der Waals surface area contributed by atoms with Gasteiger partial charge in [-0.25, -0.2) is 4.79 Å². The second-order valence-electron chi connectivity index (χ2n) is 3.70. The van der Waals surface area contributed by atoms with Crippen LogP contribution in [0.1, 0.15) is 17.4 Å². The molecule has 0 radical (unpaired) electrons. The SMILES string of the molecule is COC(=O)N1CCc2ccccc2C1OC. The number of rotatable bonds is 1. The number of nitrogens with zero attached hydrogens (tertiary/aromatic N) is 1. The van der Waals surface area contributed by atoms with E-state index in [0.717, 1.165) is 12.0 Å². The van der Waals surface area contributed by atoms with Crippen molar-refractivity contribution >= 4 is 6.09 Å². The molecular formula is C12H15NO3. The largest absolute Gasteiger partial charge is 0.453 e. The van der Waals surface area contributed by atoms with Crippen LogP contribution in [-0.2, 0) is 15.9 Å². The van der Waals surface area contributed by atoms with Gasteiger partial charge in [0.25, 0.3) is 0 Å². The van der Waals surface area contributed by atoms with Crippen molar-refractivity contribution in [3.8, 4) is 0 Å². The Labute approximate surface area is 94.8 Å². The van der Waals surface area contributed by atoms with Crippen LogP contribution in [0, 0.1) is 0 Å². The molecule has 86 valence electrons. The summed E-state index contributed by atoms with van der Waals surface area (Å²) < 4.78 is 10.1. The first-order valence-corrected chi connectivity index (χ1v) is 5.23. The number of amides is 1. The van der Waals surface area contributed by atoms with Gasteiger partial charge in [0, 0.05) is 19.2 Å². The molecule has 0 aromatic heterocycles. The van der Waals surface area contributed by atoms with Gasteiger partial charge in [0.1, 0.15) is 0 Å². The Morgan fingerprint density at radius 1 is 1.38 bits per heavy atom. The highest BCUT2D eigenvalue weighted by atomic mass is 16.6. The molecule has 16 heavy (non-hydrogen) atoms. The first-order valence-electron chi connectivity index (χ1n) is 5.23. The molecule has 0 bridgehead atoms. The fraction of sp³-hybridized carbons (Fsp3) is 0.417. The summed E-state index contributed by atoms with van der Waals surface area (Å²) in [6, 6.07) is 8.00. The zero-order valence-electron chi connectivity index (χ0n) is 9.47. The summed E-state index contributed by atoms with van der Waals surface area (Å²) in [5, 5.41) is 0. The van der Waals surface area contributed by atoms with Crippen molar-refractivity contribution in [1.29, 1.82) is 0 Å². The van der Waals surface area contributed by atoms with Gasteiger partial charge in [-0.1, -0.05) is 24.3 Å². The Hall–Kier alpha value is -1.55. The zero-order chi connectivity index (χ0) is 11.5. The van der Waals surface area contributed by atoms with Gasteiger partial charge >= 0.3 is 6.09 Å². The lowest BCUT2D eigenvalue weighted by atomic mass is 9.98. The van der Waals surface area contributed by atoms with Crippen LogP contribution in [0.3, 0.4) is 0 Å². The van der Waals surface area contributed by atoms with E-state index in [0.29, 0.717) is 6.54 Å². The van der Waals surface area contributed by atoms with Crippen molar-refractivity contribution in [2.75, 3.05) is 20.8 Å². The molecular weight excluding hydrogens is 206 g/mol. The third kappa shape index (κ3) is 1.76. The lowest BCUT2D eigenvalue weighted by Crippen LogP contribution is -2.40. The number of methoxy groups -OCH3 is 2. The van der Waals surface area contributed by atoms with Crippen LogP contribution in [0.2, 0.25) is 0 Å². The summed E-state index contributed by atoms with van der Waals surface area (Å²) in [7, 11) is 2.98. The summed E-state index contributed by atoms with van der Waals surface area (Å²) in [4.78, 5) is 13.2. The molecule has 1 amide bonds. The van der Waals surface area contributed by atoms with Gasteiger partial charge in [-0.3, -0.25) is 4.90 Å². The number of ether oxygens (including phenoxy) is 2. The molecule has 1 aliphatic rings. The van der Waals surface area contributed by atoms with Crippen LogP contribution in [0.15, 0.2) is 24.3 Å². The predicted octanol–water partition coefficient (Wildman–Crippen LogP) is 1.96. The monoisotopic (exact) mass is 221 g/mol. The molecule has 1 aliphatic heterocycles. The number of benzene rings is 1. The summed E-state index contributed by atoms with van der Waals surface area (Å²) >= 11 is 0. The molecule has 0 saturated heterocycles. The van der Waals surface area contributed by atoms with E-state index in [4.69, 9.17) is 9.47 Å². The van der Waals surface area contributed by atoms with E-state index in [1.165, 1.54) is 12.7 Å². The Morgan fingerprint density at radius 3 is 2.81 bits per heavy atom. The van der Waals surface area contributed by atoms with Crippen LogP contribution in [-0.4, -0.2) is 31.8 Å². The van der Waals surface area contributed by atoms with Gasteiger partial charge in [0.05, 0.1) is 7.11 Å². The highest BCUT2D eigenvalue weighted by Gasteiger charge is 2.30. The van der Waals surface area contributed by atoms with Crippen molar-refractivity contribution in [2.24, 2.45) is 0 Å². The maximum Gasteiger partial charge on any atom is 0.411 e. The number of hydrogen-bond acceptors (Lipinski definition) is 3. The van der Waals surface area contributed by atoms with Gasteiger partial charge in [0.15, 0.2) is 6.23 Å². The molecule has 0 spiro atoms. The summed E-state index contributed by atoms with van der Waals surface area (Å²) in [6.07, 6.45) is 0.157. The normalized spacial score (nSPS) is 19.1. The zero-order valence-corrected chi connectivity index (χ0v) is 9.47. The van der Waals surface area contributed by atoms with Crippen molar-refractivity contribution in [1.82, 2.24) is 4.90 Å². The fourth-order valence-corrected chi connectivity index (χ4v) is 2.09. The summed E-state index contributed by atoms with van der Waals surface area (Å²) in [5.41, 5.74) is 2.27. The predicted molar refractivity (Wildman–Crippen MR) is 59.0 cm³/mol. The maximum atomic E-state index is 11.6. The molecule has 1 aromatic rings. The van der Waals surface area contributed by atoms with Crippen LogP contribution >= 0.6 is 0 Å². The lowest BCUT2D eigenvalue weighted by molar-refractivity contribution is -0.0333. The van der Waals surface area contributed by atoms with Crippen LogP contribution in [0.25, 0.3) is 0 Å². The van der Waals surface area contributed by atoms with Gasteiger partial charge in [0.2, 0.25) is 0 Å². The highest BCUT2D eigenvalue weighted by Crippen LogP contribution is 2.30. The highest BCUT2D eigenvalue weighted by molar-refractivity contribution is 5.68. The van der Waals surface area contributed by atoms with E-state index in [1.807, 2.05) is 18.2 Å². The maximum absolute atomic E-state index is 11.6. The molecule has 2 rings (SSSR count). The van der Waals surface area contributed by atoms with Gasteiger partial charge in [-0.05, 0) is 12.0 Å². The molecule has 1 aromatic carbocycles. The van der Waals surface area contributed by atoms with E-state index < -0.39 is 0 Å². The number of fused-ring (bicyclic) bond motifs is 1. The molecule has 0 fully saturated rings. The molecule has 0 N–H and O–H groups in total. The summed E-state index contributed by atoms with van der Waals surface area (Å²) in [5.74, 6) is 0. The molecule has 1 heterocycles. The van der Waals surface area contributed by atoms with Crippen molar-refractivity contribution in [3.05, 3.63) is 35.4 Å². The van der Waals surface area contributed by atoms with Crippen LogP contribution in [0.5, 0.6) is 0 Å². The third-order valence-corrected chi connectivity index (χ3v) is 2.86. The fourth-order valence-electron chi connectivity index (χ4n) is 2.09. The molecule has 0 saturated carbocycles. The number of hydrogen-bond donors (Lipinski definition) is 0.